The molecule has 0 fully saturated rings. The van der Waals surface area contributed by atoms with Crippen molar-refractivity contribution in [1.29, 1.82) is 0 Å². The van der Waals surface area contributed by atoms with E-state index in [0.717, 1.165) is 36.2 Å². The van der Waals surface area contributed by atoms with Gasteiger partial charge < -0.3 is 14.7 Å². The molecule has 1 aromatic rings. The predicted octanol–water partition coefficient (Wildman–Crippen LogP) is 2.45. The van der Waals surface area contributed by atoms with Gasteiger partial charge >= 0.3 is 0 Å². The number of methoxy groups -OCH3 is 1. The number of halogens is 1. The van der Waals surface area contributed by atoms with Crippen LogP contribution in [0.3, 0.4) is 0 Å². The van der Waals surface area contributed by atoms with Crippen molar-refractivity contribution in [2.75, 3.05) is 33.9 Å². The van der Waals surface area contributed by atoms with E-state index < -0.39 is 6.10 Å². The second-order valence-corrected chi connectivity index (χ2v) is 4.98. The van der Waals surface area contributed by atoms with Crippen LogP contribution >= 0.6 is 15.9 Å². The first-order valence-electron chi connectivity index (χ1n) is 5.75. The molecule has 0 spiro atoms. The monoisotopic (exact) mass is 301 g/mol. The summed E-state index contributed by atoms with van der Waals surface area (Å²) in [5, 5.41) is 10.1. The van der Waals surface area contributed by atoms with Crippen LogP contribution in [0, 0.1) is 0 Å². The Morgan fingerprint density at radius 1 is 1.35 bits per heavy atom. The Bertz CT molecular complexity index is 333. The van der Waals surface area contributed by atoms with Gasteiger partial charge in [-0.3, -0.25) is 0 Å². The van der Waals surface area contributed by atoms with Gasteiger partial charge in [0.25, 0.3) is 0 Å². The van der Waals surface area contributed by atoms with Crippen LogP contribution in [-0.2, 0) is 4.74 Å². The average molecular weight is 302 g/mol. The average Bonchev–Trinajstić information content (AvgIpc) is 2.34. The summed E-state index contributed by atoms with van der Waals surface area (Å²) in [7, 11) is 3.73. The van der Waals surface area contributed by atoms with Crippen LogP contribution in [0.2, 0.25) is 0 Å². The molecule has 0 heterocycles. The molecular formula is C13H20BrNO2. The van der Waals surface area contributed by atoms with Gasteiger partial charge in [-0.2, -0.15) is 0 Å². The molecule has 0 aliphatic rings. The van der Waals surface area contributed by atoms with E-state index in [0.29, 0.717) is 0 Å². The molecule has 0 saturated carbocycles. The van der Waals surface area contributed by atoms with Crippen LogP contribution in [-0.4, -0.2) is 43.9 Å². The molecule has 96 valence electrons. The zero-order chi connectivity index (χ0) is 12.7. The fourth-order valence-electron chi connectivity index (χ4n) is 1.60. The van der Waals surface area contributed by atoms with Crippen molar-refractivity contribution in [3.63, 3.8) is 0 Å². The third kappa shape index (κ3) is 5.17. The molecule has 1 N–H and O–H groups in total. The zero-order valence-corrected chi connectivity index (χ0v) is 12.0. The molecule has 1 unspecified atom stereocenters. The summed E-state index contributed by atoms with van der Waals surface area (Å²) in [4.78, 5) is 2.16. The summed E-state index contributed by atoms with van der Waals surface area (Å²) in [5.41, 5.74) is 0.952. The van der Waals surface area contributed by atoms with Crippen LogP contribution in [0.4, 0.5) is 0 Å². The number of rotatable bonds is 7. The Balaban J connectivity index is 2.39. The number of hydrogen-bond acceptors (Lipinski definition) is 3. The lowest BCUT2D eigenvalue weighted by molar-refractivity contribution is 0.128. The van der Waals surface area contributed by atoms with Gasteiger partial charge in [0.1, 0.15) is 0 Å². The minimum atomic E-state index is -0.421. The van der Waals surface area contributed by atoms with Crippen molar-refractivity contribution in [3.8, 4) is 0 Å². The molecule has 0 aliphatic heterocycles. The predicted molar refractivity (Wildman–Crippen MR) is 73.1 cm³/mol. The number of aliphatic hydroxyl groups excluding tert-OH is 1. The van der Waals surface area contributed by atoms with Crippen molar-refractivity contribution in [2.24, 2.45) is 0 Å². The van der Waals surface area contributed by atoms with Crippen molar-refractivity contribution in [1.82, 2.24) is 4.90 Å². The van der Waals surface area contributed by atoms with Gasteiger partial charge in [-0.05, 0) is 25.1 Å². The highest BCUT2D eigenvalue weighted by Crippen LogP contribution is 2.25. The fraction of sp³-hybridized carbons (Fsp3) is 0.538. The molecule has 1 aromatic carbocycles. The fourth-order valence-corrected chi connectivity index (χ4v) is 2.15. The zero-order valence-electron chi connectivity index (χ0n) is 10.4. The standard InChI is InChI=1S/C13H20BrNO2/c1-15(9-10-17-2)8-7-13(16)11-5-3-4-6-12(11)14/h3-6,13,16H,7-10H2,1-2H3. The van der Waals surface area contributed by atoms with Gasteiger partial charge in [-0.1, -0.05) is 34.1 Å². The summed E-state index contributed by atoms with van der Waals surface area (Å²) >= 11 is 3.45. The number of nitrogens with zero attached hydrogens (tertiary/aromatic N) is 1. The molecule has 1 atom stereocenters. The van der Waals surface area contributed by atoms with Crippen molar-refractivity contribution >= 4 is 15.9 Å². The molecule has 17 heavy (non-hydrogen) atoms. The van der Waals surface area contributed by atoms with Gasteiger partial charge in [0.05, 0.1) is 12.7 Å². The number of aliphatic hydroxyl groups is 1. The molecular weight excluding hydrogens is 282 g/mol. The van der Waals surface area contributed by atoms with Gasteiger partial charge in [-0.15, -0.1) is 0 Å². The molecule has 3 nitrogen and oxygen atoms in total. The highest BCUT2D eigenvalue weighted by molar-refractivity contribution is 9.10. The molecule has 0 aromatic heterocycles. The normalized spacial score (nSPS) is 13.0. The van der Waals surface area contributed by atoms with Crippen LogP contribution in [0.5, 0.6) is 0 Å². The molecule has 0 aliphatic carbocycles. The van der Waals surface area contributed by atoms with E-state index in [1.54, 1.807) is 7.11 Å². The lowest BCUT2D eigenvalue weighted by Gasteiger charge is -2.19. The Morgan fingerprint density at radius 2 is 2.06 bits per heavy atom. The van der Waals surface area contributed by atoms with E-state index in [1.807, 2.05) is 31.3 Å². The van der Waals surface area contributed by atoms with Gasteiger partial charge in [0, 0.05) is 24.7 Å². The Kier molecular flexibility index (Phi) is 6.73. The van der Waals surface area contributed by atoms with Crippen molar-refractivity contribution < 1.29 is 9.84 Å². The Hall–Kier alpha value is -0.420. The smallest absolute Gasteiger partial charge is 0.0813 e. The van der Waals surface area contributed by atoms with Crippen LogP contribution in [0.15, 0.2) is 28.7 Å². The van der Waals surface area contributed by atoms with E-state index in [9.17, 15) is 5.11 Å². The SMILES string of the molecule is COCCN(C)CCC(O)c1ccccc1Br. The molecule has 0 bridgehead atoms. The van der Waals surface area contributed by atoms with Gasteiger partial charge in [0.2, 0.25) is 0 Å². The summed E-state index contributed by atoms with van der Waals surface area (Å²) in [5.74, 6) is 0. The molecule has 0 amide bonds. The summed E-state index contributed by atoms with van der Waals surface area (Å²) in [6.45, 7) is 2.46. The third-order valence-electron chi connectivity index (χ3n) is 2.73. The first-order valence-corrected chi connectivity index (χ1v) is 6.54. The van der Waals surface area contributed by atoms with E-state index in [-0.39, 0.29) is 0 Å². The Labute approximate surface area is 112 Å². The van der Waals surface area contributed by atoms with Crippen LogP contribution in [0.25, 0.3) is 0 Å². The topological polar surface area (TPSA) is 32.7 Å². The van der Waals surface area contributed by atoms with Crippen molar-refractivity contribution in [2.45, 2.75) is 12.5 Å². The lowest BCUT2D eigenvalue weighted by atomic mass is 10.1. The Morgan fingerprint density at radius 3 is 2.71 bits per heavy atom. The summed E-state index contributed by atoms with van der Waals surface area (Å²) in [6, 6.07) is 7.79. The van der Waals surface area contributed by atoms with Gasteiger partial charge in [0.15, 0.2) is 0 Å². The maximum atomic E-state index is 10.1. The lowest BCUT2D eigenvalue weighted by Crippen LogP contribution is -2.25. The minimum absolute atomic E-state index is 0.421. The highest BCUT2D eigenvalue weighted by Gasteiger charge is 2.11. The van der Waals surface area contributed by atoms with Gasteiger partial charge in [-0.25, -0.2) is 0 Å². The second kappa shape index (κ2) is 7.82. The molecule has 1 rings (SSSR count). The summed E-state index contributed by atoms with van der Waals surface area (Å²) in [6.07, 6.45) is 0.304. The highest BCUT2D eigenvalue weighted by atomic mass is 79.9. The number of ether oxygens (including phenoxy) is 1. The molecule has 0 radical (unpaired) electrons. The maximum absolute atomic E-state index is 10.1. The van der Waals surface area contributed by atoms with E-state index in [4.69, 9.17) is 4.74 Å². The minimum Gasteiger partial charge on any atom is -0.388 e. The van der Waals surface area contributed by atoms with E-state index in [2.05, 4.69) is 20.8 Å². The second-order valence-electron chi connectivity index (χ2n) is 4.12. The van der Waals surface area contributed by atoms with Crippen LogP contribution in [0.1, 0.15) is 18.1 Å². The molecule has 0 saturated heterocycles. The number of likely N-dealkylation sites (N-methyl/N-ethyl adjacent to an activating group) is 1. The van der Waals surface area contributed by atoms with Crippen molar-refractivity contribution in [3.05, 3.63) is 34.3 Å². The van der Waals surface area contributed by atoms with Crippen LogP contribution < -0.4 is 0 Å². The molecule has 4 heteroatoms. The first kappa shape index (κ1) is 14.6. The number of hydrogen-bond donors (Lipinski definition) is 1. The van der Waals surface area contributed by atoms with E-state index in [1.165, 1.54) is 0 Å². The first-order chi connectivity index (χ1) is 8.15. The largest absolute Gasteiger partial charge is 0.388 e. The quantitative estimate of drug-likeness (QED) is 0.840. The number of benzene rings is 1. The summed E-state index contributed by atoms with van der Waals surface area (Å²) < 4.78 is 5.98. The van der Waals surface area contributed by atoms with E-state index >= 15 is 0 Å². The maximum Gasteiger partial charge on any atom is 0.0813 e. The third-order valence-corrected chi connectivity index (χ3v) is 3.45.